The molecule has 1 aliphatic heterocycles. The minimum atomic E-state index is -4.48. The molecule has 144 valence electrons. The molecule has 2 aromatic rings. The van der Waals surface area contributed by atoms with Crippen LogP contribution in [0.2, 0.25) is 0 Å². The van der Waals surface area contributed by atoms with Gasteiger partial charge in [-0.15, -0.1) is 0 Å². The van der Waals surface area contributed by atoms with E-state index in [0.717, 1.165) is 30.3 Å². The number of halogens is 6. The van der Waals surface area contributed by atoms with E-state index in [1.807, 2.05) is 0 Å². The third kappa shape index (κ3) is 4.26. The van der Waals surface area contributed by atoms with Crippen LogP contribution >= 0.6 is 0 Å². The number of alkyl halides is 6. The highest BCUT2D eigenvalue weighted by Crippen LogP contribution is 2.34. The van der Waals surface area contributed by atoms with Crippen molar-refractivity contribution in [2.45, 2.75) is 18.8 Å². The van der Waals surface area contributed by atoms with E-state index in [4.69, 9.17) is 0 Å². The Bertz CT molecular complexity index is 819. The predicted molar refractivity (Wildman–Crippen MR) is 86.0 cm³/mol. The second-order valence-corrected chi connectivity index (χ2v) is 6.51. The Morgan fingerprint density at radius 1 is 0.889 bits per heavy atom. The van der Waals surface area contributed by atoms with E-state index >= 15 is 0 Å². The fourth-order valence-corrected chi connectivity index (χ4v) is 3.14. The maximum Gasteiger partial charge on any atom is 0.416 e. The standard InChI is InChI=1S/C19H15F6NO/c20-18(21,22)15-7-5-13(6-8-15)17(27)26-10-12(11-26)9-14-3-1-2-4-16(14)19(23,24)25/h1-8,12H,9-11H2. The molecule has 1 amide bonds. The number of hydrogen-bond acceptors (Lipinski definition) is 1. The quantitative estimate of drug-likeness (QED) is 0.676. The van der Waals surface area contributed by atoms with Gasteiger partial charge >= 0.3 is 12.4 Å². The van der Waals surface area contributed by atoms with E-state index < -0.39 is 29.4 Å². The Balaban J connectivity index is 1.61. The van der Waals surface area contributed by atoms with Gasteiger partial charge in [-0.1, -0.05) is 18.2 Å². The summed E-state index contributed by atoms with van der Waals surface area (Å²) in [6, 6.07) is 9.20. The largest absolute Gasteiger partial charge is 0.416 e. The fraction of sp³-hybridized carbons (Fsp3) is 0.316. The lowest BCUT2D eigenvalue weighted by Crippen LogP contribution is -2.50. The van der Waals surface area contributed by atoms with E-state index in [9.17, 15) is 31.1 Å². The molecule has 0 saturated carbocycles. The van der Waals surface area contributed by atoms with Gasteiger partial charge < -0.3 is 4.90 Å². The van der Waals surface area contributed by atoms with Gasteiger partial charge in [-0.2, -0.15) is 26.3 Å². The second kappa shape index (κ2) is 6.90. The smallest absolute Gasteiger partial charge is 0.338 e. The lowest BCUT2D eigenvalue weighted by molar-refractivity contribution is -0.138. The summed E-state index contributed by atoms with van der Waals surface area (Å²) < 4.78 is 76.7. The summed E-state index contributed by atoms with van der Waals surface area (Å²) >= 11 is 0. The second-order valence-electron chi connectivity index (χ2n) is 6.51. The highest BCUT2D eigenvalue weighted by atomic mass is 19.4. The Morgan fingerprint density at radius 3 is 2.04 bits per heavy atom. The van der Waals surface area contributed by atoms with Crippen LogP contribution in [0.3, 0.4) is 0 Å². The molecule has 0 aromatic heterocycles. The van der Waals surface area contributed by atoms with Crippen LogP contribution in [-0.2, 0) is 18.8 Å². The van der Waals surface area contributed by atoms with Crippen molar-refractivity contribution in [2.24, 2.45) is 5.92 Å². The van der Waals surface area contributed by atoms with E-state index in [2.05, 4.69) is 0 Å². The number of rotatable bonds is 3. The summed E-state index contributed by atoms with van der Waals surface area (Å²) in [5.41, 5.74) is -1.23. The highest BCUT2D eigenvalue weighted by molar-refractivity contribution is 5.94. The van der Waals surface area contributed by atoms with Crippen LogP contribution in [-0.4, -0.2) is 23.9 Å². The highest BCUT2D eigenvalue weighted by Gasteiger charge is 2.36. The molecule has 1 heterocycles. The molecular weight excluding hydrogens is 372 g/mol. The molecule has 0 aliphatic carbocycles. The van der Waals surface area contributed by atoms with E-state index in [0.29, 0.717) is 0 Å². The van der Waals surface area contributed by atoms with E-state index in [1.54, 1.807) is 0 Å². The Morgan fingerprint density at radius 2 is 1.48 bits per heavy atom. The van der Waals surface area contributed by atoms with Crippen molar-refractivity contribution in [1.82, 2.24) is 4.90 Å². The third-order valence-electron chi connectivity index (χ3n) is 4.53. The lowest BCUT2D eigenvalue weighted by atomic mass is 9.89. The zero-order valence-electron chi connectivity index (χ0n) is 13.9. The van der Waals surface area contributed by atoms with Gasteiger partial charge in [0.15, 0.2) is 0 Å². The normalized spacial score (nSPS) is 15.6. The van der Waals surface area contributed by atoms with Gasteiger partial charge in [0.2, 0.25) is 0 Å². The Hall–Kier alpha value is -2.51. The maximum absolute atomic E-state index is 13.0. The topological polar surface area (TPSA) is 20.3 Å². The van der Waals surface area contributed by atoms with Crippen molar-refractivity contribution < 1.29 is 31.1 Å². The molecule has 1 fully saturated rings. The molecule has 2 nitrogen and oxygen atoms in total. The molecular formula is C19H15F6NO. The first-order chi connectivity index (χ1) is 12.6. The van der Waals surface area contributed by atoms with Crippen molar-refractivity contribution in [2.75, 3.05) is 13.1 Å². The van der Waals surface area contributed by atoms with Crippen LogP contribution < -0.4 is 0 Å². The molecule has 0 atom stereocenters. The maximum atomic E-state index is 13.0. The van der Waals surface area contributed by atoms with Crippen LogP contribution in [0.15, 0.2) is 48.5 Å². The molecule has 0 spiro atoms. The first-order valence-corrected chi connectivity index (χ1v) is 8.17. The summed E-state index contributed by atoms with van der Waals surface area (Å²) in [6.45, 7) is 0.540. The Labute approximate surface area is 151 Å². The number of likely N-dealkylation sites (tertiary alicyclic amines) is 1. The molecule has 0 unspecified atom stereocenters. The molecule has 27 heavy (non-hydrogen) atoms. The van der Waals surface area contributed by atoms with Gasteiger partial charge in [0, 0.05) is 18.7 Å². The molecule has 0 radical (unpaired) electrons. The molecule has 8 heteroatoms. The van der Waals surface area contributed by atoms with Crippen molar-refractivity contribution in [3.05, 3.63) is 70.8 Å². The number of carbonyl (C=O) groups is 1. The number of carbonyl (C=O) groups excluding carboxylic acids is 1. The van der Waals surface area contributed by atoms with Crippen LogP contribution in [0.1, 0.15) is 27.0 Å². The van der Waals surface area contributed by atoms with Gasteiger partial charge in [-0.25, -0.2) is 0 Å². The molecule has 0 N–H and O–H groups in total. The van der Waals surface area contributed by atoms with Crippen LogP contribution in [0.5, 0.6) is 0 Å². The molecule has 0 bridgehead atoms. The number of benzene rings is 2. The number of hydrogen-bond donors (Lipinski definition) is 0. The van der Waals surface area contributed by atoms with Gasteiger partial charge in [0.25, 0.3) is 5.91 Å². The first-order valence-electron chi connectivity index (χ1n) is 8.17. The van der Waals surface area contributed by atoms with Crippen LogP contribution in [0.4, 0.5) is 26.3 Å². The van der Waals surface area contributed by atoms with Crippen molar-refractivity contribution >= 4 is 5.91 Å². The van der Waals surface area contributed by atoms with Crippen molar-refractivity contribution in [1.29, 1.82) is 0 Å². The van der Waals surface area contributed by atoms with Gasteiger partial charge in [0.05, 0.1) is 11.1 Å². The lowest BCUT2D eigenvalue weighted by Gasteiger charge is -2.39. The zero-order valence-corrected chi connectivity index (χ0v) is 13.9. The molecule has 2 aromatic carbocycles. The third-order valence-corrected chi connectivity index (χ3v) is 4.53. The number of nitrogens with zero attached hydrogens (tertiary/aromatic N) is 1. The van der Waals surface area contributed by atoms with E-state index in [1.165, 1.54) is 23.1 Å². The summed E-state index contributed by atoms with van der Waals surface area (Å²) in [4.78, 5) is 13.7. The average Bonchev–Trinajstić information content (AvgIpc) is 2.56. The fourth-order valence-electron chi connectivity index (χ4n) is 3.14. The summed E-state index contributed by atoms with van der Waals surface area (Å²) in [5, 5.41) is 0. The van der Waals surface area contributed by atoms with Crippen molar-refractivity contribution in [3.63, 3.8) is 0 Å². The SMILES string of the molecule is O=C(c1ccc(C(F)(F)F)cc1)N1CC(Cc2ccccc2C(F)(F)F)C1. The van der Waals surface area contributed by atoms with Crippen LogP contribution in [0, 0.1) is 5.92 Å². The minimum absolute atomic E-state index is 0.119. The summed E-state index contributed by atoms with van der Waals surface area (Å²) in [5.74, 6) is -0.545. The molecule has 1 saturated heterocycles. The molecule has 1 aliphatic rings. The summed E-state index contributed by atoms with van der Waals surface area (Å²) in [6.07, 6.45) is -8.72. The first kappa shape index (κ1) is 19.3. The van der Waals surface area contributed by atoms with E-state index in [-0.39, 0.29) is 36.6 Å². The van der Waals surface area contributed by atoms with Crippen LogP contribution in [0.25, 0.3) is 0 Å². The monoisotopic (exact) mass is 387 g/mol. The predicted octanol–water partition coefficient (Wildman–Crippen LogP) is 5.04. The van der Waals surface area contributed by atoms with Crippen molar-refractivity contribution in [3.8, 4) is 0 Å². The van der Waals surface area contributed by atoms with Gasteiger partial charge in [-0.05, 0) is 48.2 Å². The summed E-state index contributed by atoms with van der Waals surface area (Å²) in [7, 11) is 0. The average molecular weight is 387 g/mol. The van der Waals surface area contributed by atoms with Gasteiger partial charge in [-0.3, -0.25) is 4.79 Å². The minimum Gasteiger partial charge on any atom is -0.338 e. The number of amides is 1. The zero-order chi connectivity index (χ0) is 19.8. The molecule has 3 rings (SSSR count). The Kier molecular flexibility index (Phi) is 4.92. The van der Waals surface area contributed by atoms with Gasteiger partial charge in [0.1, 0.15) is 0 Å².